The lowest BCUT2D eigenvalue weighted by atomic mass is 10.2. The molecule has 0 unspecified atom stereocenters. The molecule has 0 saturated heterocycles. The normalized spacial score (nSPS) is 10.8. The van der Waals surface area contributed by atoms with Gasteiger partial charge in [-0.25, -0.2) is 4.39 Å². The molecular weight excluding hydrogens is 356 g/mol. The lowest BCUT2D eigenvalue weighted by Gasteiger charge is -2.03. The van der Waals surface area contributed by atoms with Gasteiger partial charge in [0.05, 0.1) is 17.8 Å². The predicted octanol–water partition coefficient (Wildman–Crippen LogP) is 3.21. The molecule has 0 fully saturated rings. The van der Waals surface area contributed by atoms with E-state index in [4.69, 9.17) is 23.2 Å². The van der Waals surface area contributed by atoms with Gasteiger partial charge in [0.25, 0.3) is 0 Å². The molecule has 24 heavy (non-hydrogen) atoms. The van der Waals surface area contributed by atoms with Crippen LogP contribution in [-0.2, 0) is 17.9 Å². The van der Waals surface area contributed by atoms with Crippen molar-refractivity contribution in [2.24, 2.45) is 0 Å². The highest BCUT2D eigenvalue weighted by atomic mass is 35.5. The fourth-order valence-corrected chi connectivity index (χ4v) is 2.44. The summed E-state index contributed by atoms with van der Waals surface area (Å²) in [6.07, 6.45) is 4.57. The van der Waals surface area contributed by atoms with Crippen LogP contribution in [0.5, 0.6) is 0 Å². The van der Waals surface area contributed by atoms with Gasteiger partial charge in [0, 0.05) is 12.4 Å². The zero-order chi connectivity index (χ0) is 17.1. The molecule has 9 heteroatoms. The van der Waals surface area contributed by atoms with E-state index in [9.17, 15) is 9.18 Å². The molecule has 0 aliphatic rings. The minimum atomic E-state index is -0.330. The molecular formula is C15H12Cl2FN5O. The molecule has 2 heterocycles. The number of carbonyl (C=O) groups excluding carboxylic acids is 1. The van der Waals surface area contributed by atoms with Crippen LogP contribution in [0.1, 0.15) is 5.56 Å². The third-order valence-corrected chi connectivity index (χ3v) is 3.61. The first-order valence-corrected chi connectivity index (χ1v) is 7.70. The third-order valence-electron chi connectivity index (χ3n) is 3.14. The van der Waals surface area contributed by atoms with Gasteiger partial charge in [0.1, 0.15) is 17.4 Å². The Morgan fingerprint density at radius 1 is 1.17 bits per heavy atom. The molecule has 0 aliphatic heterocycles. The van der Waals surface area contributed by atoms with Gasteiger partial charge >= 0.3 is 0 Å². The van der Waals surface area contributed by atoms with E-state index in [1.54, 1.807) is 23.0 Å². The highest BCUT2D eigenvalue weighted by molar-refractivity contribution is 6.33. The fraction of sp³-hybridized carbons (Fsp3) is 0.133. The Hall–Kier alpha value is -2.38. The van der Waals surface area contributed by atoms with Gasteiger partial charge in [-0.3, -0.25) is 14.2 Å². The third kappa shape index (κ3) is 4.12. The van der Waals surface area contributed by atoms with Crippen molar-refractivity contribution in [2.45, 2.75) is 13.1 Å². The predicted molar refractivity (Wildman–Crippen MR) is 88.6 cm³/mol. The van der Waals surface area contributed by atoms with E-state index >= 15 is 0 Å². The van der Waals surface area contributed by atoms with Crippen LogP contribution in [0.25, 0.3) is 0 Å². The average Bonchev–Trinajstić information content (AvgIpc) is 3.08. The van der Waals surface area contributed by atoms with Crippen LogP contribution in [0, 0.1) is 5.82 Å². The number of hydrogen-bond donors (Lipinski definition) is 1. The quantitative estimate of drug-likeness (QED) is 0.752. The largest absolute Gasteiger partial charge is 0.306 e. The average molecular weight is 368 g/mol. The SMILES string of the molecule is O=C(Cn1cc(Cl)cn1)Nc1nn(Cc2ccc(F)cc2)cc1Cl. The Bertz CT molecular complexity index is 859. The van der Waals surface area contributed by atoms with Crippen LogP contribution in [0.2, 0.25) is 10.0 Å². The molecule has 1 N–H and O–H groups in total. The zero-order valence-electron chi connectivity index (χ0n) is 12.3. The number of nitrogens with zero attached hydrogens (tertiary/aromatic N) is 4. The molecule has 0 spiro atoms. The molecule has 124 valence electrons. The van der Waals surface area contributed by atoms with Crippen LogP contribution in [0.15, 0.2) is 42.9 Å². The molecule has 0 saturated carbocycles. The van der Waals surface area contributed by atoms with Crippen LogP contribution in [-0.4, -0.2) is 25.5 Å². The number of aromatic nitrogens is 4. The number of amides is 1. The highest BCUT2D eigenvalue weighted by Gasteiger charge is 2.12. The number of rotatable bonds is 5. The summed E-state index contributed by atoms with van der Waals surface area (Å²) in [5.74, 6) is -0.380. The Balaban J connectivity index is 1.65. The molecule has 3 rings (SSSR count). The van der Waals surface area contributed by atoms with Gasteiger partial charge in [0.2, 0.25) is 5.91 Å². The maximum Gasteiger partial charge on any atom is 0.247 e. The van der Waals surface area contributed by atoms with Gasteiger partial charge < -0.3 is 5.32 Å². The Morgan fingerprint density at radius 3 is 2.58 bits per heavy atom. The minimum absolute atomic E-state index is 0.00608. The lowest BCUT2D eigenvalue weighted by Crippen LogP contribution is -2.19. The van der Waals surface area contributed by atoms with E-state index in [0.29, 0.717) is 16.6 Å². The minimum Gasteiger partial charge on any atom is -0.306 e. The molecule has 2 aromatic heterocycles. The first-order chi connectivity index (χ1) is 11.5. The standard InChI is InChI=1S/C15H12Cl2FN5O/c16-11-5-19-22(7-11)9-14(24)20-15-13(17)8-23(21-15)6-10-1-3-12(18)4-2-10/h1-5,7-8H,6,9H2,(H,20,21,24). The summed E-state index contributed by atoms with van der Waals surface area (Å²) in [7, 11) is 0. The number of nitrogens with one attached hydrogen (secondary N) is 1. The van der Waals surface area contributed by atoms with Crippen molar-refractivity contribution in [1.82, 2.24) is 19.6 Å². The molecule has 3 aromatic rings. The van der Waals surface area contributed by atoms with Crippen molar-refractivity contribution in [1.29, 1.82) is 0 Å². The molecule has 0 aliphatic carbocycles. The number of anilines is 1. The first kappa shape index (κ1) is 16.5. The smallest absolute Gasteiger partial charge is 0.247 e. The summed E-state index contributed by atoms with van der Waals surface area (Å²) in [6, 6.07) is 6.06. The van der Waals surface area contributed by atoms with Crippen molar-refractivity contribution in [3.63, 3.8) is 0 Å². The van der Waals surface area contributed by atoms with Crippen molar-refractivity contribution < 1.29 is 9.18 Å². The Morgan fingerprint density at radius 2 is 1.92 bits per heavy atom. The second-order valence-corrected chi connectivity index (χ2v) is 5.90. The van der Waals surface area contributed by atoms with Crippen LogP contribution in [0.4, 0.5) is 10.2 Å². The summed E-state index contributed by atoms with van der Waals surface area (Å²) < 4.78 is 15.9. The monoisotopic (exact) mass is 367 g/mol. The van der Waals surface area contributed by atoms with E-state index in [2.05, 4.69) is 15.5 Å². The van der Waals surface area contributed by atoms with E-state index in [0.717, 1.165) is 5.56 Å². The van der Waals surface area contributed by atoms with Gasteiger partial charge in [0.15, 0.2) is 5.82 Å². The molecule has 0 radical (unpaired) electrons. The second-order valence-electron chi connectivity index (χ2n) is 5.05. The van der Waals surface area contributed by atoms with Crippen molar-refractivity contribution in [2.75, 3.05) is 5.32 Å². The summed E-state index contributed by atoms with van der Waals surface area (Å²) in [5.41, 5.74) is 0.861. The summed E-state index contributed by atoms with van der Waals surface area (Å²) in [6.45, 7) is 0.401. The van der Waals surface area contributed by atoms with Crippen molar-refractivity contribution >= 4 is 34.9 Å². The maximum absolute atomic E-state index is 12.9. The second kappa shape index (κ2) is 7.02. The number of halogens is 3. The van der Waals surface area contributed by atoms with E-state index < -0.39 is 0 Å². The molecule has 1 amide bonds. The molecule has 0 atom stereocenters. The van der Waals surface area contributed by atoms with Crippen LogP contribution in [0.3, 0.4) is 0 Å². The van der Waals surface area contributed by atoms with Crippen LogP contribution < -0.4 is 5.32 Å². The zero-order valence-corrected chi connectivity index (χ0v) is 13.8. The van der Waals surface area contributed by atoms with E-state index in [1.165, 1.54) is 29.2 Å². The highest BCUT2D eigenvalue weighted by Crippen LogP contribution is 2.20. The Labute approximate surface area is 146 Å². The lowest BCUT2D eigenvalue weighted by molar-refractivity contribution is -0.116. The number of benzene rings is 1. The van der Waals surface area contributed by atoms with Gasteiger partial charge in [-0.2, -0.15) is 10.2 Å². The first-order valence-electron chi connectivity index (χ1n) is 6.95. The van der Waals surface area contributed by atoms with Gasteiger partial charge in [-0.15, -0.1) is 0 Å². The molecule has 1 aromatic carbocycles. The van der Waals surface area contributed by atoms with Crippen molar-refractivity contribution in [3.05, 3.63) is 64.3 Å². The van der Waals surface area contributed by atoms with Crippen molar-refractivity contribution in [3.8, 4) is 0 Å². The summed E-state index contributed by atoms with van der Waals surface area (Å²) in [4.78, 5) is 12.0. The van der Waals surface area contributed by atoms with E-state index in [1.807, 2.05) is 0 Å². The Kier molecular flexibility index (Phi) is 4.82. The number of hydrogen-bond acceptors (Lipinski definition) is 3. The van der Waals surface area contributed by atoms with Gasteiger partial charge in [-0.1, -0.05) is 35.3 Å². The maximum atomic E-state index is 12.9. The molecule has 0 bridgehead atoms. The topological polar surface area (TPSA) is 64.7 Å². The van der Waals surface area contributed by atoms with Gasteiger partial charge in [-0.05, 0) is 17.7 Å². The number of carbonyl (C=O) groups is 1. The molecule has 6 nitrogen and oxygen atoms in total. The van der Waals surface area contributed by atoms with E-state index in [-0.39, 0.29) is 24.1 Å². The van der Waals surface area contributed by atoms with Crippen LogP contribution >= 0.6 is 23.2 Å². The summed E-state index contributed by atoms with van der Waals surface area (Å²) in [5, 5.41) is 11.5. The summed E-state index contributed by atoms with van der Waals surface area (Å²) >= 11 is 11.8. The fourth-order valence-electron chi connectivity index (χ4n) is 2.08.